The van der Waals surface area contributed by atoms with Gasteiger partial charge in [0.15, 0.2) is 11.4 Å². The summed E-state index contributed by atoms with van der Waals surface area (Å²) in [4.78, 5) is 0. The van der Waals surface area contributed by atoms with Crippen molar-refractivity contribution in [2.24, 2.45) is 0 Å². The molecule has 0 radical (unpaired) electrons. The van der Waals surface area contributed by atoms with Crippen LogP contribution in [0.25, 0.3) is 11.3 Å². The van der Waals surface area contributed by atoms with Crippen LogP contribution in [0, 0.1) is 18.3 Å². The van der Waals surface area contributed by atoms with Gasteiger partial charge in [0.2, 0.25) is 0 Å². The number of rotatable bonds is 3. The maximum atomic E-state index is 13.0. The van der Waals surface area contributed by atoms with Crippen LogP contribution in [0.5, 0.6) is 0 Å². The van der Waals surface area contributed by atoms with Crippen LogP contribution in [0.3, 0.4) is 0 Å². The number of aryl methyl sites for hydroxylation is 1. The van der Waals surface area contributed by atoms with Gasteiger partial charge in [-0.15, -0.1) is 10.2 Å². The SMILES string of the molecule is COCn1cc(-c2nnc(C#N)cc2C)c(C(F)(F)F)n1. The van der Waals surface area contributed by atoms with E-state index in [-0.39, 0.29) is 23.7 Å². The van der Waals surface area contributed by atoms with Gasteiger partial charge in [-0.3, -0.25) is 0 Å². The molecule has 6 nitrogen and oxygen atoms in total. The highest BCUT2D eigenvalue weighted by atomic mass is 19.4. The quantitative estimate of drug-likeness (QED) is 0.867. The molecule has 0 aliphatic rings. The lowest BCUT2D eigenvalue weighted by Gasteiger charge is -2.07. The first kappa shape index (κ1) is 14.9. The highest BCUT2D eigenvalue weighted by Gasteiger charge is 2.38. The molecule has 0 saturated heterocycles. The van der Waals surface area contributed by atoms with Gasteiger partial charge in [-0.05, 0) is 18.6 Å². The summed E-state index contributed by atoms with van der Waals surface area (Å²) in [5.74, 6) is 0. The molecule has 2 aromatic heterocycles. The molecule has 0 spiro atoms. The van der Waals surface area contributed by atoms with Crippen molar-refractivity contribution in [1.29, 1.82) is 5.26 Å². The summed E-state index contributed by atoms with van der Waals surface area (Å²) < 4.78 is 44.9. The minimum Gasteiger partial charge on any atom is -0.362 e. The van der Waals surface area contributed by atoms with Crippen LogP contribution >= 0.6 is 0 Å². The number of nitriles is 1. The normalized spacial score (nSPS) is 11.4. The van der Waals surface area contributed by atoms with E-state index in [0.29, 0.717) is 5.56 Å². The van der Waals surface area contributed by atoms with Gasteiger partial charge in [-0.1, -0.05) is 0 Å². The highest BCUT2D eigenvalue weighted by Crippen LogP contribution is 2.36. The van der Waals surface area contributed by atoms with Crippen molar-refractivity contribution in [2.45, 2.75) is 19.8 Å². The molecule has 0 fully saturated rings. The molecular formula is C12H10F3N5O. The molecule has 0 aliphatic heterocycles. The van der Waals surface area contributed by atoms with Gasteiger partial charge in [0.1, 0.15) is 12.8 Å². The van der Waals surface area contributed by atoms with Crippen LogP contribution in [0.1, 0.15) is 17.0 Å². The molecule has 0 atom stereocenters. The van der Waals surface area contributed by atoms with Crippen molar-refractivity contribution in [2.75, 3.05) is 7.11 Å². The van der Waals surface area contributed by atoms with Crippen molar-refractivity contribution >= 4 is 0 Å². The minimum atomic E-state index is -4.63. The molecule has 0 saturated carbocycles. The summed E-state index contributed by atoms with van der Waals surface area (Å²) >= 11 is 0. The Morgan fingerprint density at radius 3 is 2.62 bits per heavy atom. The van der Waals surface area contributed by atoms with Crippen LogP contribution in [-0.4, -0.2) is 27.1 Å². The van der Waals surface area contributed by atoms with E-state index in [1.807, 2.05) is 0 Å². The van der Waals surface area contributed by atoms with Crippen LogP contribution in [-0.2, 0) is 17.6 Å². The molecule has 0 aliphatic carbocycles. The van der Waals surface area contributed by atoms with Crippen molar-refractivity contribution in [3.63, 3.8) is 0 Å². The first-order valence-corrected chi connectivity index (χ1v) is 5.75. The Morgan fingerprint density at radius 2 is 2.10 bits per heavy atom. The summed E-state index contributed by atoms with van der Waals surface area (Å²) in [7, 11) is 1.35. The highest BCUT2D eigenvalue weighted by molar-refractivity contribution is 5.65. The van der Waals surface area contributed by atoms with Crippen LogP contribution in [0.15, 0.2) is 12.3 Å². The fourth-order valence-corrected chi connectivity index (χ4v) is 1.81. The third-order valence-corrected chi connectivity index (χ3v) is 2.65. The smallest absolute Gasteiger partial charge is 0.362 e. The maximum absolute atomic E-state index is 13.0. The fraction of sp³-hybridized carbons (Fsp3) is 0.333. The van der Waals surface area contributed by atoms with Crippen LogP contribution in [0.2, 0.25) is 0 Å². The number of aromatic nitrogens is 4. The third kappa shape index (κ3) is 3.00. The Bertz CT molecular complexity index is 702. The number of methoxy groups -OCH3 is 1. The minimum absolute atomic E-state index is 0.0312. The Balaban J connectivity index is 2.60. The molecule has 110 valence electrons. The number of nitrogens with zero attached hydrogens (tertiary/aromatic N) is 5. The van der Waals surface area contributed by atoms with E-state index in [0.717, 1.165) is 4.68 Å². The first-order valence-electron chi connectivity index (χ1n) is 5.75. The van der Waals surface area contributed by atoms with Gasteiger partial charge < -0.3 is 4.74 Å². The van der Waals surface area contributed by atoms with Crippen molar-refractivity contribution in [1.82, 2.24) is 20.0 Å². The van der Waals surface area contributed by atoms with E-state index in [1.54, 1.807) is 13.0 Å². The molecule has 2 heterocycles. The van der Waals surface area contributed by atoms with Crippen molar-refractivity contribution in [3.05, 3.63) is 29.2 Å². The standard InChI is InChI=1S/C12H10F3N5O/c1-7-3-8(4-16)17-18-10(7)9-5-20(6-21-2)19-11(9)12(13,14)15/h3,5H,6H2,1-2H3. The first-order chi connectivity index (χ1) is 9.86. The Hall–Kier alpha value is -2.47. The zero-order valence-corrected chi connectivity index (χ0v) is 11.1. The summed E-state index contributed by atoms with van der Waals surface area (Å²) in [6.07, 6.45) is -3.44. The third-order valence-electron chi connectivity index (χ3n) is 2.65. The summed E-state index contributed by atoms with van der Waals surface area (Å²) in [6, 6.07) is 3.15. The predicted molar refractivity (Wildman–Crippen MR) is 64.7 cm³/mol. The molecular weight excluding hydrogens is 287 g/mol. The van der Waals surface area contributed by atoms with E-state index in [9.17, 15) is 13.2 Å². The molecule has 9 heteroatoms. The second kappa shape index (κ2) is 5.49. The van der Waals surface area contributed by atoms with E-state index in [1.165, 1.54) is 19.4 Å². The van der Waals surface area contributed by atoms with Crippen LogP contribution in [0.4, 0.5) is 13.2 Å². The molecule has 0 N–H and O–H groups in total. The monoisotopic (exact) mass is 297 g/mol. The zero-order valence-electron chi connectivity index (χ0n) is 11.1. The van der Waals surface area contributed by atoms with E-state index >= 15 is 0 Å². The van der Waals surface area contributed by atoms with E-state index in [4.69, 9.17) is 10.00 Å². The second-order valence-corrected chi connectivity index (χ2v) is 4.22. The number of hydrogen-bond acceptors (Lipinski definition) is 5. The molecule has 2 aromatic rings. The maximum Gasteiger partial charge on any atom is 0.435 e. The van der Waals surface area contributed by atoms with Gasteiger partial charge in [0, 0.05) is 13.3 Å². The van der Waals surface area contributed by atoms with Gasteiger partial charge in [-0.25, -0.2) is 4.68 Å². The average molecular weight is 297 g/mol. The van der Waals surface area contributed by atoms with Crippen LogP contribution < -0.4 is 0 Å². The molecule has 0 unspecified atom stereocenters. The number of hydrogen-bond donors (Lipinski definition) is 0. The fourth-order valence-electron chi connectivity index (χ4n) is 1.81. The Morgan fingerprint density at radius 1 is 1.38 bits per heavy atom. The second-order valence-electron chi connectivity index (χ2n) is 4.22. The lowest BCUT2D eigenvalue weighted by Crippen LogP contribution is -2.10. The van der Waals surface area contributed by atoms with E-state index in [2.05, 4.69) is 15.3 Å². The lowest BCUT2D eigenvalue weighted by atomic mass is 10.1. The van der Waals surface area contributed by atoms with E-state index < -0.39 is 11.9 Å². The molecule has 2 rings (SSSR count). The predicted octanol–water partition coefficient (Wildman–Crippen LogP) is 2.14. The lowest BCUT2D eigenvalue weighted by molar-refractivity contribution is -0.141. The number of ether oxygens (including phenoxy) is 1. The largest absolute Gasteiger partial charge is 0.435 e. The molecule has 0 bridgehead atoms. The Kier molecular flexibility index (Phi) is 3.90. The van der Waals surface area contributed by atoms with Crippen molar-refractivity contribution < 1.29 is 17.9 Å². The molecule has 0 amide bonds. The van der Waals surface area contributed by atoms with Gasteiger partial charge >= 0.3 is 6.18 Å². The summed E-state index contributed by atoms with van der Waals surface area (Å²) in [6.45, 7) is 1.44. The summed E-state index contributed by atoms with van der Waals surface area (Å²) in [5, 5.41) is 19.4. The molecule has 21 heavy (non-hydrogen) atoms. The average Bonchev–Trinajstić information content (AvgIpc) is 2.82. The molecule has 0 aromatic carbocycles. The van der Waals surface area contributed by atoms with Gasteiger partial charge in [0.25, 0.3) is 0 Å². The number of halogens is 3. The van der Waals surface area contributed by atoms with Crippen molar-refractivity contribution in [3.8, 4) is 17.3 Å². The number of alkyl halides is 3. The zero-order chi connectivity index (χ0) is 15.6. The van der Waals surface area contributed by atoms with Gasteiger partial charge in [0.05, 0.1) is 11.3 Å². The summed E-state index contributed by atoms with van der Waals surface area (Å²) in [5.41, 5.74) is -0.794. The topological polar surface area (TPSA) is 76.6 Å². The van der Waals surface area contributed by atoms with Gasteiger partial charge in [-0.2, -0.15) is 23.5 Å². The Labute approximate surface area is 117 Å².